The van der Waals surface area contributed by atoms with Gasteiger partial charge in [-0.25, -0.2) is 0 Å². The van der Waals surface area contributed by atoms with Crippen LogP contribution in [0, 0.1) is 0 Å². The van der Waals surface area contributed by atoms with Gasteiger partial charge in [0.05, 0.1) is 11.9 Å². The lowest BCUT2D eigenvalue weighted by Gasteiger charge is -2.08. The minimum atomic E-state index is -0.0409. The van der Waals surface area contributed by atoms with E-state index in [1.165, 1.54) is 11.1 Å². The third-order valence-electron chi connectivity index (χ3n) is 6.07. The van der Waals surface area contributed by atoms with Gasteiger partial charge < -0.3 is 10.6 Å². The molecular weight excluding hydrogens is 408 g/mol. The second-order valence-electron chi connectivity index (χ2n) is 8.41. The van der Waals surface area contributed by atoms with Crippen molar-refractivity contribution in [2.24, 2.45) is 0 Å². The summed E-state index contributed by atoms with van der Waals surface area (Å²) < 4.78 is 0. The van der Waals surface area contributed by atoms with Gasteiger partial charge in [0.25, 0.3) is 5.91 Å². The third kappa shape index (κ3) is 5.33. The number of hydrogen-bond acceptors (Lipinski definition) is 4. The topological polar surface area (TPSA) is 66.9 Å². The molecule has 1 heterocycles. The summed E-state index contributed by atoms with van der Waals surface area (Å²) in [7, 11) is 0. The Morgan fingerprint density at radius 3 is 2.33 bits per heavy atom. The van der Waals surface area contributed by atoms with Crippen LogP contribution in [0.25, 0.3) is 11.3 Å². The quantitative estimate of drug-likeness (QED) is 0.421. The van der Waals surface area contributed by atoms with Crippen molar-refractivity contribution in [1.82, 2.24) is 20.6 Å². The average Bonchev–Trinajstić information content (AvgIpc) is 3.67. The van der Waals surface area contributed by atoms with Crippen LogP contribution in [0.5, 0.6) is 0 Å². The first-order valence-electron chi connectivity index (χ1n) is 11.3. The number of rotatable bonds is 8. The predicted molar refractivity (Wildman–Crippen MR) is 130 cm³/mol. The van der Waals surface area contributed by atoms with Crippen molar-refractivity contribution in [1.29, 1.82) is 0 Å². The van der Waals surface area contributed by atoms with E-state index in [4.69, 9.17) is 0 Å². The molecule has 0 spiro atoms. The molecule has 5 nitrogen and oxygen atoms in total. The Kier molecular flexibility index (Phi) is 6.22. The van der Waals surface area contributed by atoms with E-state index in [0.29, 0.717) is 24.1 Å². The van der Waals surface area contributed by atoms with Gasteiger partial charge in [0.1, 0.15) is 0 Å². The van der Waals surface area contributed by atoms with Gasteiger partial charge in [0, 0.05) is 48.6 Å². The van der Waals surface area contributed by atoms with Gasteiger partial charge >= 0.3 is 0 Å². The van der Waals surface area contributed by atoms with E-state index in [-0.39, 0.29) is 5.91 Å². The minimum absolute atomic E-state index is 0.0409. The number of amides is 1. The summed E-state index contributed by atoms with van der Waals surface area (Å²) in [5.41, 5.74) is 6.28. The molecule has 5 rings (SSSR count). The summed E-state index contributed by atoms with van der Waals surface area (Å²) in [6, 6.07) is 26.9. The largest absolute Gasteiger partial charge is 0.348 e. The number of benzene rings is 3. The highest BCUT2D eigenvalue weighted by Gasteiger charge is 2.37. The molecular formula is C28H26N4O. The van der Waals surface area contributed by atoms with E-state index < -0.39 is 0 Å². The van der Waals surface area contributed by atoms with Gasteiger partial charge in [-0.05, 0) is 35.2 Å². The van der Waals surface area contributed by atoms with Crippen LogP contribution in [0.4, 0.5) is 0 Å². The molecule has 5 heteroatoms. The molecule has 0 bridgehead atoms. The molecule has 2 atom stereocenters. The molecule has 1 aliphatic rings. The van der Waals surface area contributed by atoms with Crippen molar-refractivity contribution in [2.75, 3.05) is 0 Å². The maximum Gasteiger partial charge on any atom is 0.251 e. The summed E-state index contributed by atoms with van der Waals surface area (Å²) in [5.74, 6) is 0.464. The molecule has 1 aliphatic carbocycles. The zero-order chi connectivity index (χ0) is 22.5. The van der Waals surface area contributed by atoms with E-state index in [1.54, 1.807) is 18.6 Å². The van der Waals surface area contributed by atoms with Crippen molar-refractivity contribution >= 4 is 5.91 Å². The zero-order valence-corrected chi connectivity index (χ0v) is 18.3. The van der Waals surface area contributed by atoms with Gasteiger partial charge in [-0.2, -0.15) is 0 Å². The molecule has 164 valence electrons. The fourth-order valence-electron chi connectivity index (χ4n) is 4.04. The molecule has 1 aromatic heterocycles. The number of carbonyl (C=O) groups excluding carboxylic acids is 1. The van der Waals surface area contributed by atoms with Gasteiger partial charge in [0.2, 0.25) is 0 Å². The van der Waals surface area contributed by atoms with E-state index in [0.717, 1.165) is 29.8 Å². The molecule has 33 heavy (non-hydrogen) atoms. The van der Waals surface area contributed by atoms with Crippen molar-refractivity contribution in [2.45, 2.75) is 31.5 Å². The van der Waals surface area contributed by atoms with E-state index in [2.05, 4.69) is 57.0 Å². The Morgan fingerprint density at radius 1 is 0.848 bits per heavy atom. The molecule has 1 amide bonds. The lowest BCUT2D eigenvalue weighted by molar-refractivity contribution is 0.0951. The Morgan fingerprint density at radius 2 is 1.61 bits per heavy atom. The molecule has 4 aromatic rings. The third-order valence-corrected chi connectivity index (χ3v) is 6.07. The molecule has 1 fully saturated rings. The lowest BCUT2D eigenvalue weighted by atomic mass is 10.1. The van der Waals surface area contributed by atoms with Crippen LogP contribution in [0.3, 0.4) is 0 Å². The molecule has 0 unspecified atom stereocenters. The second-order valence-corrected chi connectivity index (χ2v) is 8.41. The Hall–Kier alpha value is -3.83. The molecule has 3 aromatic carbocycles. The Bertz CT molecular complexity index is 1190. The monoisotopic (exact) mass is 434 g/mol. The van der Waals surface area contributed by atoms with E-state index in [1.807, 2.05) is 42.5 Å². The summed E-state index contributed by atoms with van der Waals surface area (Å²) in [5, 5.41) is 6.63. The van der Waals surface area contributed by atoms with Crippen molar-refractivity contribution in [3.63, 3.8) is 0 Å². The molecule has 0 radical (unpaired) electrons. The SMILES string of the molecule is O=C(NCc1ccccc1)c1ccc([C@@H]2C[C@H]2NCc2ccc(-c3cnccn3)cc2)cc1. The first-order chi connectivity index (χ1) is 16.3. The number of carbonyl (C=O) groups is 1. The van der Waals surface area contributed by atoms with Crippen LogP contribution >= 0.6 is 0 Å². The lowest BCUT2D eigenvalue weighted by Crippen LogP contribution is -2.22. The maximum atomic E-state index is 12.4. The van der Waals surface area contributed by atoms with Crippen molar-refractivity contribution in [3.8, 4) is 11.3 Å². The first-order valence-corrected chi connectivity index (χ1v) is 11.3. The summed E-state index contributed by atoms with van der Waals surface area (Å²) in [6.45, 7) is 1.37. The van der Waals surface area contributed by atoms with Crippen LogP contribution in [0.2, 0.25) is 0 Å². The highest BCUT2D eigenvalue weighted by Crippen LogP contribution is 2.41. The summed E-state index contributed by atoms with van der Waals surface area (Å²) in [6.07, 6.45) is 6.29. The highest BCUT2D eigenvalue weighted by molar-refractivity contribution is 5.94. The number of aromatic nitrogens is 2. The standard InChI is InChI=1S/C28H26N4O/c33-28(32-18-20-4-2-1-3-5-20)24-12-10-22(11-13-24)25-16-26(25)31-17-21-6-8-23(9-7-21)27-19-29-14-15-30-27/h1-15,19,25-26,31H,16-18H2,(H,32,33)/t25-,26+/m0/s1. The second kappa shape index (κ2) is 9.76. The molecule has 0 saturated heterocycles. The fourth-order valence-corrected chi connectivity index (χ4v) is 4.04. The van der Waals surface area contributed by atoms with E-state index in [9.17, 15) is 4.79 Å². The normalized spacial score (nSPS) is 16.8. The fraction of sp³-hybridized carbons (Fsp3) is 0.179. The Labute approximate surface area is 193 Å². The molecule has 1 saturated carbocycles. The van der Waals surface area contributed by atoms with Gasteiger partial charge in [-0.1, -0.05) is 66.7 Å². The number of hydrogen-bond donors (Lipinski definition) is 2. The van der Waals surface area contributed by atoms with Gasteiger partial charge in [0.15, 0.2) is 0 Å². The van der Waals surface area contributed by atoms with Crippen LogP contribution in [0.1, 0.15) is 39.4 Å². The van der Waals surface area contributed by atoms with E-state index >= 15 is 0 Å². The number of nitrogens with one attached hydrogen (secondary N) is 2. The maximum absolute atomic E-state index is 12.4. The smallest absolute Gasteiger partial charge is 0.251 e. The molecule has 0 aliphatic heterocycles. The van der Waals surface area contributed by atoms with Crippen molar-refractivity contribution in [3.05, 3.63) is 120 Å². The highest BCUT2D eigenvalue weighted by atomic mass is 16.1. The van der Waals surface area contributed by atoms with Gasteiger partial charge in [-0.3, -0.25) is 14.8 Å². The van der Waals surface area contributed by atoms with Crippen LogP contribution in [-0.4, -0.2) is 21.9 Å². The zero-order valence-electron chi connectivity index (χ0n) is 18.3. The molecule has 2 N–H and O–H groups in total. The van der Waals surface area contributed by atoms with Crippen LogP contribution in [0.15, 0.2) is 97.5 Å². The Balaban J connectivity index is 1.10. The first kappa shape index (κ1) is 21.0. The summed E-state index contributed by atoms with van der Waals surface area (Å²) in [4.78, 5) is 20.9. The van der Waals surface area contributed by atoms with Crippen molar-refractivity contribution < 1.29 is 4.79 Å². The van der Waals surface area contributed by atoms with Crippen LogP contribution < -0.4 is 10.6 Å². The summed E-state index contributed by atoms with van der Waals surface area (Å²) >= 11 is 0. The minimum Gasteiger partial charge on any atom is -0.348 e. The predicted octanol–water partition coefficient (Wildman–Crippen LogP) is 4.72. The average molecular weight is 435 g/mol. The number of nitrogens with zero attached hydrogens (tertiary/aromatic N) is 2. The van der Waals surface area contributed by atoms with Crippen LogP contribution in [-0.2, 0) is 13.1 Å². The van der Waals surface area contributed by atoms with Gasteiger partial charge in [-0.15, -0.1) is 0 Å².